The molecule has 4 aliphatic rings. The summed E-state index contributed by atoms with van der Waals surface area (Å²) in [5, 5.41) is 0. The third-order valence-corrected chi connectivity index (χ3v) is 9.26. The van der Waals surface area contributed by atoms with Crippen molar-refractivity contribution in [2.45, 2.75) is 109 Å². The number of anilines is 1. The minimum absolute atomic E-state index is 0.245. The number of likely N-dealkylation sites (tertiary alicyclic amines) is 2. The van der Waals surface area contributed by atoms with Crippen LogP contribution in [0.25, 0.3) is 0 Å². The van der Waals surface area contributed by atoms with Gasteiger partial charge >= 0.3 is 6.09 Å². The number of hydrogen-bond donors (Lipinski definition) is 0. The van der Waals surface area contributed by atoms with E-state index < -0.39 is 5.60 Å². The predicted molar refractivity (Wildman–Crippen MR) is 143 cm³/mol. The third-order valence-electron chi connectivity index (χ3n) is 9.26. The summed E-state index contributed by atoms with van der Waals surface area (Å²) in [6, 6.07) is 10.4. The van der Waals surface area contributed by atoms with E-state index in [1.54, 1.807) is 4.90 Å². The van der Waals surface area contributed by atoms with Crippen LogP contribution in [-0.4, -0.2) is 65.7 Å². The Balaban J connectivity index is 1.20. The molecule has 1 spiro atoms. The maximum Gasteiger partial charge on any atom is 0.410 e. The SMILES string of the molecule is CC1CCCN1C1CC[C@H](c2ccc(N3CCCC4(CCN(C(=O)OC(C)(C)C)CC4)C3=O)cc2)C1. The van der Waals surface area contributed by atoms with Gasteiger partial charge in [0.1, 0.15) is 5.60 Å². The molecule has 0 aromatic heterocycles. The average molecular weight is 496 g/mol. The van der Waals surface area contributed by atoms with Crippen molar-refractivity contribution in [3.63, 3.8) is 0 Å². The summed E-state index contributed by atoms with van der Waals surface area (Å²) in [5.41, 5.74) is 1.61. The van der Waals surface area contributed by atoms with Gasteiger partial charge in [-0.3, -0.25) is 9.69 Å². The van der Waals surface area contributed by atoms with E-state index in [0.29, 0.717) is 19.0 Å². The van der Waals surface area contributed by atoms with Crippen LogP contribution >= 0.6 is 0 Å². The van der Waals surface area contributed by atoms with Gasteiger partial charge in [0.25, 0.3) is 0 Å². The van der Waals surface area contributed by atoms with Crippen LogP contribution in [0.4, 0.5) is 10.5 Å². The van der Waals surface area contributed by atoms with Crippen LogP contribution in [0.15, 0.2) is 24.3 Å². The third kappa shape index (κ3) is 5.16. The van der Waals surface area contributed by atoms with Gasteiger partial charge in [-0.2, -0.15) is 0 Å². The summed E-state index contributed by atoms with van der Waals surface area (Å²) in [6.45, 7) is 11.3. The molecule has 0 bridgehead atoms. The van der Waals surface area contributed by atoms with Crippen LogP contribution in [0.3, 0.4) is 0 Å². The van der Waals surface area contributed by atoms with E-state index in [4.69, 9.17) is 4.74 Å². The Morgan fingerprint density at radius 2 is 1.67 bits per heavy atom. The van der Waals surface area contributed by atoms with E-state index in [-0.39, 0.29) is 17.4 Å². The van der Waals surface area contributed by atoms with Crippen molar-refractivity contribution in [1.82, 2.24) is 9.80 Å². The lowest BCUT2D eigenvalue weighted by Gasteiger charge is -2.46. The Morgan fingerprint density at radius 1 is 0.944 bits per heavy atom. The van der Waals surface area contributed by atoms with E-state index >= 15 is 0 Å². The van der Waals surface area contributed by atoms with Crippen LogP contribution in [0, 0.1) is 5.41 Å². The van der Waals surface area contributed by atoms with E-state index in [1.807, 2.05) is 25.7 Å². The number of hydrogen-bond acceptors (Lipinski definition) is 4. The largest absolute Gasteiger partial charge is 0.444 e. The first-order valence-electron chi connectivity index (χ1n) is 14.3. The van der Waals surface area contributed by atoms with Gasteiger partial charge in [0, 0.05) is 37.4 Å². The van der Waals surface area contributed by atoms with Crippen LogP contribution in [0.5, 0.6) is 0 Å². The van der Waals surface area contributed by atoms with Crippen molar-refractivity contribution < 1.29 is 14.3 Å². The Hall–Kier alpha value is -2.08. The number of rotatable bonds is 3. The second kappa shape index (κ2) is 10.00. The van der Waals surface area contributed by atoms with E-state index in [2.05, 4.69) is 36.1 Å². The van der Waals surface area contributed by atoms with Gasteiger partial charge in [0.2, 0.25) is 5.91 Å². The number of amides is 2. The standard InChI is InChI=1S/C30H45N3O3/c1-22-7-5-17-32(22)26-13-10-24(21-26)23-8-11-25(12-9-23)33-18-6-14-30(27(33)34)15-19-31(20-16-30)28(35)36-29(2,3)4/h8-9,11-12,22,24,26H,5-7,10,13-21H2,1-4H3/t22?,24-,26?/m0/s1. The maximum absolute atomic E-state index is 13.8. The first kappa shape index (κ1) is 25.6. The van der Waals surface area contributed by atoms with Gasteiger partial charge in [0.15, 0.2) is 0 Å². The van der Waals surface area contributed by atoms with Crippen molar-refractivity contribution >= 4 is 17.7 Å². The lowest BCUT2D eigenvalue weighted by molar-refractivity contribution is -0.133. The molecule has 36 heavy (non-hydrogen) atoms. The van der Waals surface area contributed by atoms with Gasteiger partial charge in [-0.15, -0.1) is 0 Å². The molecule has 198 valence electrons. The highest BCUT2D eigenvalue weighted by atomic mass is 16.6. The van der Waals surface area contributed by atoms with Crippen molar-refractivity contribution in [3.8, 4) is 0 Å². The normalized spacial score (nSPS) is 29.2. The van der Waals surface area contributed by atoms with Crippen molar-refractivity contribution in [2.75, 3.05) is 31.1 Å². The van der Waals surface area contributed by atoms with E-state index in [1.165, 1.54) is 44.2 Å². The highest BCUT2D eigenvalue weighted by molar-refractivity contribution is 5.98. The van der Waals surface area contributed by atoms with Gasteiger partial charge < -0.3 is 14.5 Å². The molecular formula is C30H45N3O3. The number of carbonyl (C=O) groups is 2. The van der Waals surface area contributed by atoms with Gasteiger partial charge in [0.05, 0.1) is 5.41 Å². The Morgan fingerprint density at radius 3 is 2.31 bits per heavy atom. The van der Waals surface area contributed by atoms with Gasteiger partial charge in [-0.1, -0.05) is 12.1 Å². The quantitative estimate of drug-likeness (QED) is 0.520. The maximum atomic E-state index is 13.8. The molecule has 1 aromatic carbocycles. The molecule has 6 heteroatoms. The zero-order valence-corrected chi connectivity index (χ0v) is 22.8. The van der Waals surface area contributed by atoms with E-state index in [0.717, 1.165) is 50.0 Å². The number of nitrogens with zero attached hydrogens (tertiary/aromatic N) is 3. The molecular weight excluding hydrogens is 450 g/mol. The molecule has 3 atom stereocenters. The molecule has 3 aliphatic heterocycles. The lowest BCUT2D eigenvalue weighted by atomic mass is 9.71. The van der Waals surface area contributed by atoms with Crippen molar-refractivity contribution in [3.05, 3.63) is 29.8 Å². The molecule has 4 fully saturated rings. The highest BCUT2D eigenvalue weighted by Crippen LogP contribution is 2.43. The summed E-state index contributed by atoms with van der Waals surface area (Å²) >= 11 is 0. The molecule has 2 amide bonds. The Kier molecular flexibility index (Phi) is 7.10. The van der Waals surface area contributed by atoms with E-state index in [9.17, 15) is 9.59 Å². The molecule has 1 aliphatic carbocycles. The smallest absolute Gasteiger partial charge is 0.410 e. The molecule has 1 saturated carbocycles. The molecule has 2 unspecified atom stereocenters. The number of benzene rings is 1. The minimum Gasteiger partial charge on any atom is -0.444 e. The first-order valence-corrected chi connectivity index (χ1v) is 14.3. The zero-order valence-electron chi connectivity index (χ0n) is 22.8. The Labute approximate surface area is 217 Å². The molecule has 5 rings (SSSR count). The molecule has 3 saturated heterocycles. The average Bonchev–Trinajstić information content (AvgIpc) is 3.49. The first-order chi connectivity index (χ1) is 17.2. The number of ether oxygens (including phenoxy) is 1. The zero-order chi connectivity index (χ0) is 25.5. The monoisotopic (exact) mass is 495 g/mol. The van der Waals surface area contributed by atoms with Crippen LogP contribution in [0.1, 0.15) is 97.0 Å². The van der Waals surface area contributed by atoms with Crippen LogP contribution < -0.4 is 4.90 Å². The second-order valence-electron chi connectivity index (χ2n) is 12.8. The fraction of sp³-hybridized carbons (Fsp3) is 0.733. The molecule has 0 N–H and O–H groups in total. The minimum atomic E-state index is -0.498. The summed E-state index contributed by atoms with van der Waals surface area (Å²) in [4.78, 5) is 32.8. The summed E-state index contributed by atoms with van der Waals surface area (Å²) in [5.74, 6) is 0.881. The van der Waals surface area contributed by atoms with Gasteiger partial charge in [-0.05, 0) is 116 Å². The van der Waals surface area contributed by atoms with Crippen LogP contribution in [-0.2, 0) is 9.53 Å². The molecule has 0 radical (unpaired) electrons. The molecule has 3 heterocycles. The topological polar surface area (TPSA) is 53.1 Å². The van der Waals surface area contributed by atoms with Crippen molar-refractivity contribution in [2.24, 2.45) is 5.41 Å². The second-order valence-corrected chi connectivity index (χ2v) is 12.8. The summed E-state index contributed by atoms with van der Waals surface area (Å²) < 4.78 is 5.55. The summed E-state index contributed by atoms with van der Waals surface area (Å²) in [6.07, 6.45) is 9.65. The molecule has 1 aromatic rings. The predicted octanol–water partition coefficient (Wildman–Crippen LogP) is 5.95. The van der Waals surface area contributed by atoms with Crippen LogP contribution in [0.2, 0.25) is 0 Å². The number of carbonyl (C=O) groups excluding carboxylic acids is 2. The fourth-order valence-corrected chi connectivity index (χ4v) is 7.21. The highest BCUT2D eigenvalue weighted by Gasteiger charge is 2.47. The fourth-order valence-electron chi connectivity index (χ4n) is 7.21. The Bertz CT molecular complexity index is 945. The molecule has 6 nitrogen and oxygen atoms in total. The van der Waals surface area contributed by atoms with Gasteiger partial charge in [-0.25, -0.2) is 4.79 Å². The number of piperidine rings is 2. The lowest BCUT2D eigenvalue weighted by Crippen LogP contribution is -2.55. The van der Waals surface area contributed by atoms with Crippen molar-refractivity contribution in [1.29, 1.82) is 0 Å². The summed E-state index contributed by atoms with van der Waals surface area (Å²) in [7, 11) is 0.